The molecule has 6 aromatic heterocycles. The molecule has 4 aliphatic rings. The molecule has 123 heavy (non-hydrogen) atoms. The van der Waals surface area contributed by atoms with E-state index in [1.165, 1.54) is 43.3 Å². The molecular weight excluding hydrogens is 1630 g/mol. The van der Waals surface area contributed by atoms with Gasteiger partial charge in [-0.2, -0.15) is 54.5 Å². The first-order valence-electron chi connectivity index (χ1n) is 37.9. The van der Waals surface area contributed by atoms with Crippen molar-refractivity contribution in [2.45, 2.75) is 82.7 Å². The largest absolute Gasteiger partial charge is 0.421 e. The maximum atomic E-state index is 13.8. The van der Waals surface area contributed by atoms with Gasteiger partial charge in [0.1, 0.15) is 58.3 Å². The summed E-state index contributed by atoms with van der Waals surface area (Å²) in [5.74, 6) is -2.06. The van der Waals surface area contributed by atoms with E-state index < -0.39 is 96.9 Å². The molecular formula is C80H84F10N24O9. The van der Waals surface area contributed by atoms with Crippen molar-refractivity contribution >= 4 is 133 Å². The molecule has 4 fully saturated rings. The third-order valence-corrected chi connectivity index (χ3v) is 19.0. The number of rotatable bonds is 30. The van der Waals surface area contributed by atoms with Crippen molar-refractivity contribution in [3.8, 4) is 0 Å². The Morgan fingerprint density at radius 1 is 0.455 bits per heavy atom. The number of halogens is 10. The van der Waals surface area contributed by atoms with Crippen LogP contribution in [0.2, 0.25) is 0 Å². The Bertz CT molecular complexity index is 5300. The third kappa shape index (κ3) is 25.2. The summed E-state index contributed by atoms with van der Waals surface area (Å²) in [7, 11) is 0. The van der Waals surface area contributed by atoms with Crippen molar-refractivity contribution in [3.05, 3.63) is 200 Å². The van der Waals surface area contributed by atoms with E-state index in [0.29, 0.717) is 123 Å². The highest BCUT2D eigenvalue weighted by Gasteiger charge is 2.40. The van der Waals surface area contributed by atoms with Crippen LogP contribution in [0.4, 0.5) is 148 Å². The van der Waals surface area contributed by atoms with Crippen LogP contribution in [0, 0.1) is 5.92 Å². The highest BCUT2D eigenvalue weighted by Crippen LogP contribution is 2.40. The van der Waals surface area contributed by atoms with Gasteiger partial charge in [-0.05, 0) is 128 Å². The van der Waals surface area contributed by atoms with Crippen LogP contribution in [0.5, 0.6) is 0 Å². The number of pyridine rings is 3. The number of aliphatic hydroxyl groups excluding tert-OH is 3. The van der Waals surface area contributed by atoms with Crippen LogP contribution in [0.25, 0.3) is 0 Å². The Labute approximate surface area is 695 Å². The molecule has 0 saturated carbocycles. The van der Waals surface area contributed by atoms with Crippen LogP contribution in [-0.2, 0) is 67.1 Å². The number of nitrogens with one attached hydrogen (secondary N) is 12. The Morgan fingerprint density at radius 2 is 0.789 bits per heavy atom. The number of aliphatic hydroxyl groups is 3. The molecule has 5 amide bonds. The molecule has 648 valence electrons. The molecule has 15 N–H and O–H groups in total. The lowest BCUT2D eigenvalue weighted by molar-refractivity contribution is -0.148. The highest BCUT2D eigenvalue weighted by molar-refractivity contribution is 6.00. The van der Waals surface area contributed by atoms with Gasteiger partial charge in [0.15, 0.2) is 0 Å². The lowest BCUT2D eigenvalue weighted by atomic mass is 10.1. The van der Waals surface area contributed by atoms with Crippen molar-refractivity contribution in [2.75, 3.05) is 130 Å². The standard InChI is InChI=1S/C28H29F3N8O4.C26H28F4N8O2.C26H27F3N8O3/c1-2-24(41)34-17-4-3-5-18(10-17)35-25-20(28(29,30)31)11-32-27(38-25)37-21-6-7-23(36-22(21)13-40)33-19-8-9-39(12-19)26(42)16-14-43-15-16;1-2-23(40)33-16-4-3-5-17(12-16)34-24-19(26(28,29)30)13-31-25(37-24)36-20-6-7-22(35-21(20)15-39)32-18-8-10-38(14-18)11-9-27;1-3-23(40)32-16-5-4-6-17(11-16)33-24-19(26(27,28)29)12-30-25(36-24)35-20-7-8-22(34-21(20)14-38)31-18-9-10-37(13-18)15(2)39/h2-7,10-11,16,19,40H,1,8-9,12-15H2,(H,33,36)(H,34,41)(H2,32,35,37,38);2-7,12-13,18,39H,1,8-11,14-15H2,(H,32,35)(H,33,40)(H2,31,34,36,37);3-8,11-12,18,38H,1,9-10,13-14H2,2H3,(H,31,34)(H,32,40)(H2,30,33,35,36). The van der Waals surface area contributed by atoms with Gasteiger partial charge < -0.3 is 93.7 Å². The molecule has 4 aliphatic heterocycles. The van der Waals surface area contributed by atoms with Gasteiger partial charge in [0.05, 0.1) is 73.1 Å². The molecule has 10 heterocycles. The predicted octanol–water partition coefficient (Wildman–Crippen LogP) is 12.1. The van der Waals surface area contributed by atoms with Gasteiger partial charge in [-0.1, -0.05) is 37.9 Å². The lowest BCUT2D eigenvalue weighted by Crippen LogP contribution is -2.44. The molecule has 0 radical (unpaired) electrons. The summed E-state index contributed by atoms with van der Waals surface area (Å²) in [5, 5.41) is 63.5. The van der Waals surface area contributed by atoms with E-state index in [-0.39, 0.29) is 87.8 Å². The van der Waals surface area contributed by atoms with E-state index >= 15 is 0 Å². The average Bonchev–Trinajstić information content (AvgIpc) is 1.40. The first-order valence-corrected chi connectivity index (χ1v) is 37.9. The Morgan fingerprint density at radius 3 is 1.10 bits per heavy atom. The molecule has 43 heteroatoms. The molecule has 9 aromatic rings. The maximum absolute atomic E-state index is 13.8. The monoisotopic (exact) mass is 1710 g/mol. The van der Waals surface area contributed by atoms with Gasteiger partial charge in [-0.3, -0.25) is 28.9 Å². The first kappa shape index (κ1) is 90.0. The summed E-state index contributed by atoms with van der Waals surface area (Å²) in [6, 6.07) is 28.0. The predicted molar refractivity (Wildman–Crippen MR) is 439 cm³/mol. The molecule has 33 nitrogen and oxygen atoms in total. The number of aromatic nitrogens is 9. The van der Waals surface area contributed by atoms with Crippen LogP contribution < -0.4 is 63.8 Å². The fourth-order valence-corrected chi connectivity index (χ4v) is 12.8. The minimum atomic E-state index is -4.76. The van der Waals surface area contributed by atoms with Gasteiger partial charge in [0.2, 0.25) is 47.4 Å². The first-order chi connectivity index (χ1) is 58.8. The Balaban J connectivity index is 0.000000180. The van der Waals surface area contributed by atoms with Gasteiger partial charge in [-0.15, -0.1) is 0 Å². The van der Waals surface area contributed by atoms with Crippen molar-refractivity contribution in [1.29, 1.82) is 0 Å². The number of carbonyl (C=O) groups excluding carboxylic acids is 5. The Hall–Kier alpha value is -13.8. The third-order valence-electron chi connectivity index (χ3n) is 19.0. The molecule has 3 unspecified atom stereocenters. The van der Waals surface area contributed by atoms with Crippen molar-refractivity contribution < 1.29 is 87.9 Å². The summed E-state index contributed by atoms with van der Waals surface area (Å²) in [6.45, 7) is 14.8. The minimum absolute atomic E-state index is 0.00257. The number of hydrogen-bond acceptors (Lipinski definition) is 28. The number of ether oxygens (including phenoxy) is 1. The number of anilines is 18. The molecule has 3 aromatic carbocycles. The van der Waals surface area contributed by atoms with E-state index in [2.05, 4.69) is 128 Å². The number of alkyl halides is 10. The average molecular weight is 1720 g/mol. The van der Waals surface area contributed by atoms with Crippen LogP contribution in [0.15, 0.2) is 166 Å². The summed E-state index contributed by atoms with van der Waals surface area (Å²) < 4.78 is 141. The van der Waals surface area contributed by atoms with Gasteiger partial charge >= 0.3 is 18.5 Å². The zero-order valence-electron chi connectivity index (χ0n) is 65.5. The fourth-order valence-electron chi connectivity index (χ4n) is 12.8. The van der Waals surface area contributed by atoms with Crippen LogP contribution in [-0.4, -0.2) is 188 Å². The lowest BCUT2D eigenvalue weighted by Gasteiger charge is -2.29. The highest BCUT2D eigenvalue weighted by atomic mass is 19.4. The summed E-state index contributed by atoms with van der Waals surface area (Å²) in [6.07, 6.45) is -6.83. The normalized spacial score (nSPS) is 15.7. The Kier molecular flexibility index (Phi) is 30.0. The quantitative estimate of drug-likeness (QED) is 0.0147. The van der Waals surface area contributed by atoms with E-state index in [0.717, 1.165) is 44.0 Å². The summed E-state index contributed by atoms with van der Waals surface area (Å²) >= 11 is 0. The van der Waals surface area contributed by atoms with Crippen molar-refractivity contribution in [1.82, 2.24) is 59.6 Å². The van der Waals surface area contributed by atoms with Gasteiger partial charge in [0, 0.05) is 124 Å². The zero-order chi connectivity index (χ0) is 88.1. The topological polar surface area (TPSA) is 425 Å². The second-order valence-electron chi connectivity index (χ2n) is 27.8. The zero-order valence-corrected chi connectivity index (χ0v) is 65.5. The summed E-state index contributed by atoms with van der Waals surface area (Å²) in [5.41, 5.74) is -0.0168. The molecule has 3 atom stereocenters. The molecule has 0 aliphatic carbocycles. The summed E-state index contributed by atoms with van der Waals surface area (Å²) in [4.78, 5) is 101. The number of likely N-dealkylation sites (tertiary alicyclic amines) is 3. The van der Waals surface area contributed by atoms with Crippen molar-refractivity contribution in [2.24, 2.45) is 5.92 Å². The van der Waals surface area contributed by atoms with Crippen LogP contribution in [0.1, 0.15) is 60.0 Å². The number of nitrogens with zero attached hydrogens (tertiary/aromatic N) is 12. The van der Waals surface area contributed by atoms with E-state index in [9.17, 15) is 83.2 Å². The number of benzene rings is 3. The maximum Gasteiger partial charge on any atom is 0.421 e. The number of amides is 5. The van der Waals surface area contributed by atoms with Gasteiger partial charge in [0.25, 0.3) is 0 Å². The SMILES string of the molecule is C=CC(=O)Nc1cccc(Nc2nc(Nc3ccc(NC4CCN(C(=O)C5COC5)C4)nc3CO)ncc2C(F)(F)F)c1.C=CC(=O)Nc1cccc(Nc2nc(Nc3ccc(NC4CCN(C(C)=O)C4)nc3CO)ncc2C(F)(F)F)c1.C=CC(=O)Nc1cccc(Nc2nc(Nc3ccc(NC4CCN(CCF)C4)nc3CO)ncc2C(F)(F)F)c1. The number of carbonyl (C=O) groups is 5. The fraction of sp³-hybridized carbons (Fsp3) is 0.300. The molecule has 13 rings (SSSR count). The number of hydrogen-bond donors (Lipinski definition) is 15. The van der Waals surface area contributed by atoms with Crippen molar-refractivity contribution in [3.63, 3.8) is 0 Å². The minimum Gasteiger partial charge on any atom is -0.390 e. The van der Waals surface area contributed by atoms with Gasteiger partial charge in [-0.25, -0.2) is 34.3 Å². The molecule has 4 saturated heterocycles. The van der Waals surface area contributed by atoms with E-state index in [1.807, 2.05) is 4.90 Å². The van der Waals surface area contributed by atoms with E-state index in [4.69, 9.17) is 4.74 Å². The second-order valence-corrected chi connectivity index (χ2v) is 27.8. The molecule has 0 bridgehead atoms. The second kappa shape index (κ2) is 41.0. The van der Waals surface area contributed by atoms with E-state index in [1.54, 1.807) is 82.6 Å². The molecule has 0 spiro atoms. The smallest absolute Gasteiger partial charge is 0.390 e. The van der Waals surface area contributed by atoms with Crippen LogP contribution >= 0.6 is 0 Å². The van der Waals surface area contributed by atoms with Crippen LogP contribution in [0.3, 0.4) is 0 Å².